The second-order valence-electron chi connectivity index (χ2n) is 10.3. The predicted octanol–water partition coefficient (Wildman–Crippen LogP) is 3.55. The van der Waals surface area contributed by atoms with E-state index in [2.05, 4.69) is 70.1 Å². The van der Waals surface area contributed by atoms with Crippen molar-refractivity contribution < 1.29 is 0 Å². The van der Waals surface area contributed by atoms with Gasteiger partial charge in [-0.05, 0) is 45.4 Å². The molecule has 0 saturated carbocycles. The van der Waals surface area contributed by atoms with Crippen LogP contribution < -0.4 is 0 Å². The second-order valence-corrected chi connectivity index (χ2v) is 10.3. The molecule has 0 aliphatic carbocycles. The highest BCUT2D eigenvalue weighted by molar-refractivity contribution is 4.93. The molecule has 23 heavy (non-hydrogen) atoms. The van der Waals surface area contributed by atoms with E-state index < -0.39 is 0 Å². The van der Waals surface area contributed by atoms with Gasteiger partial charge in [-0.3, -0.25) is 14.7 Å². The molecule has 2 aliphatic heterocycles. The van der Waals surface area contributed by atoms with Crippen molar-refractivity contribution in [1.82, 2.24) is 14.7 Å². The lowest BCUT2D eigenvalue weighted by Gasteiger charge is -2.50. The highest BCUT2D eigenvalue weighted by Gasteiger charge is 2.37. The molecule has 3 atom stereocenters. The Morgan fingerprint density at radius 3 is 1.91 bits per heavy atom. The first kappa shape index (κ1) is 19.2. The summed E-state index contributed by atoms with van der Waals surface area (Å²) in [4.78, 5) is 8.16. The van der Waals surface area contributed by atoms with Crippen molar-refractivity contribution in [2.45, 2.75) is 79.4 Å². The lowest BCUT2D eigenvalue weighted by molar-refractivity contribution is -0.0173. The molecule has 2 saturated heterocycles. The first-order valence-electron chi connectivity index (χ1n) is 9.70. The van der Waals surface area contributed by atoms with Crippen molar-refractivity contribution in [3.63, 3.8) is 0 Å². The second kappa shape index (κ2) is 7.01. The number of piperazine rings is 1. The number of rotatable bonds is 2. The van der Waals surface area contributed by atoms with Crippen LogP contribution in [0, 0.1) is 11.3 Å². The van der Waals surface area contributed by atoms with Crippen molar-refractivity contribution in [3.8, 4) is 0 Å². The Balaban J connectivity index is 1.91. The van der Waals surface area contributed by atoms with Crippen molar-refractivity contribution in [3.05, 3.63) is 0 Å². The Bertz CT molecular complexity index is 371. The molecule has 0 aromatic carbocycles. The molecule has 0 amide bonds. The Hall–Kier alpha value is -0.120. The molecule has 0 spiro atoms. The molecule has 0 bridgehead atoms. The first-order chi connectivity index (χ1) is 10.5. The zero-order valence-corrected chi connectivity index (χ0v) is 17.0. The van der Waals surface area contributed by atoms with Crippen LogP contribution in [-0.4, -0.2) is 71.6 Å². The summed E-state index contributed by atoms with van der Waals surface area (Å²) in [6.45, 7) is 26.5. The van der Waals surface area contributed by atoms with Gasteiger partial charge in [-0.1, -0.05) is 27.7 Å². The van der Waals surface area contributed by atoms with Gasteiger partial charge in [0, 0.05) is 56.9 Å². The van der Waals surface area contributed by atoms with Crippen LogP contribution in [0.4, 0.5) is 0 Å². The lowest BCUT2D eigenvalue weighted by Crippen LogP contribution is -2.60. The fourth-order valence-electron chi connectivity index (χ4n) is 4.47. The highest BCUT2D eigenvalue weighted by atomic mass is 15.3. The summed E-state index contributed by atoms with van der Waals surface area (Å²) in [5.74, 6) is 0.787. The average molecular weight is 324 g/mol. The van der Waals surface area contributed by atoms with Crippen molar-refractivity contribution in [2.75, 3.05) is 39.3 Å². The molecule has 1 unspecified atom stereocenters. The number of hydrogen-bond acceptors (Lipinski definition) is 3. The van der Waals surface area contributed by atoms with E-state index in [9.17, 15) is 0 Å². The van der Waals surface area contributed by atoms with Gasteiger partial charge in [-0.15, -0.1) is 0 Å². The first-order valence-corrected chi connectivity index (χ1v) is 9.70. The third-order valence-electron chi connectivity index (χ3n) is 5.79. The van der Waals surface area contributed by atoms with Crippen LogP contribution in [0.25, 0.3) is 0 Å². The molecule has 3 nitrogen and oxygen atoms in total. The topological polar surface area (TPSA) is 9.72 Å². The van der Waals surface area contributed by atoms with Crippen molar-refractivity contribution in [2.24, 2.45) is 11.3 Å². The molecule has 0 aromatic heterocycles. The minimum absolute atomic E-state index is 0.321. The van der Waals surface area contributed by atoms with E-state index in [1.807, 2.05) is 0 Å². The SMILES string of the molecule is C[C@@H]1CN(CC(C)(C)C)[C@H](C)CC1N1CCN(C(C)(C)C)CC1. The summed E-state index contributed by atoms with van der Waals surface area (Å²) in [6, 6.07) is 1.50. The van der Waals surface area contributed by atoms with E-state index in [0.717, 1.165) is 18.0 Å². The van der Waals surface area contributed by atoms with Gasteiger partial charge >= 0.3 is 0 Å². The Kier molecular flexibility index (Phi) is 5.86. The summed E-state index contributed by atoms with van der Waals surface area (Å²) in [7, 11) is 0. The zero-order chi connectivity index (χ0) is 17.4. The summed E-state index contributed by atoms with van der Waals surface area (Å²) < 4.78 is 0. The van der Waals surface area contributed by atoms with Crippen LogP contribution in [0.1, 0.15) is 61.8 Å². The number of likely N-dealkylation sites (tertiary alicyclic amines) is 1. The summed E-state index contributed by atoms with van der Waals surface area (Å²) in [5, 5.41) is 0. The van der Waals surface area contributed by atoms with Crippen LogP contribution in [0.15, 0.2) is 0 Å². The van der Waals surface area contributed by atoms with Crippen molar-refractivity contribution in [1.29, 1.82) is 0 Å². The number of piperidine rings is 1. The number of nitrogens with zero attached hydrogens (tertiary/aromatic N) is 3. The van der Waals surface area contributed by atoms with Crippen LogP contribution in [0.3, 0.4) is 0 Å². The normalized spacial score (nSPS) is 33.1. The fraction of sp³-hybridized carbons (Fsp3) is 1.00. The van der Waals surface area contributed by atoms with E-state index in [1.165, 1.54) is 45.7 Å². The maximum Gasteiger partial charge on any atom is 0.0149 e. The van der Waals surface area contributed by atoms with E-state index in [1.54, 1.807) is 0 Å². The Morgan fingerprint density at radius 1 is 0.870 bits per heavy atom. The molecule has 2 aliphatic rings. The van der Waals surface area contributed by atoms with Crippen LogP contribution in [0.5, 0.6) is 0 Å². The van der Waals surface area contributed by atoms with Gasteiger partial charge in [0.1, 0.15) is 0 Å². The minimum atomic E-state index is 0.321. The molecule has 136 valence electrons. The molecular weight excluding hydrogens is 282 g/mol. The van der Waals surface area contributed by atoms with E-state index >= 15 is 0 Å². The van der Waals surface area contributed by atoms with E-state index in [-0.39, 0.29) is 0 Å². The van der Waals surface area contributed by atoms with Gasteiger partial charge in [0.25, 0.3) is 0 Å². The van der Waals surface area contributed by atoms with Gasteiger partial charge in [0.15, 0.2) is 0 Å². The molecule has 0 N–H and O–H groups in total. The summed E-state index contributed by atoms with van der Waals surface area (Å²) in [5.41, 5.74) is 0.722. The largest absolute Gasteiger partial charge is 0.300 e. The summed E-state index contributed by atoms with van der Waals surface area (Å²) in [6.07, 6.45) is 1.34. The van der Waals surface area contributed by atoms with Crippen LogP contribution in [0.2, 0.25) is 0 Å². The highest BCUT2D eigenvalue weighted by Crippen LogP contribution is 2.30. The maximum absolute atomic E-state index is 2.79. The monoisotopic (exact) mass is 323 g/mol. The molecule has 2 rings (SSSR count). The molecule has 2 heterocycles. The average Bonchev–Trinajstić information content (AvgIpc) is 2.40. The van der Waals surface area contributed by atoms with Crippen LogP contribution in [-0.2, 0) is 0 Å². The molecule has 2 fully saturated rings. The van der Waals surface area contributed by atoms with Gasteiger partial charge in [0.2, 0.25) is 0 Å². The predicted molar refractivity (Wildman–Crippen MR) is 101 cm³/mol. The standard InChI is InChI=1S/C20H41N3/c1-16-14-22(15-19(3,4)5)17(2)13-18(16)21-9-11-23(12-10-21)20(6,7)8/h16-18H,9-15H2,1-8H3/t16-,17-,18?/m1/s1. The van der Waals surface area contributed by atoms with E-state index in [0.29, 0.717) is 11.0 Å². The minimum Gasteiger partial charge on any atom is -0.300 e. The van der Waals surface area contributed by atoms with Gasteiger partial charge in [-0.2, -0.15) is 0 Å². The molecular formula is C20H41N3. The Morgan fingerprint density at radius 2 is 1.43 bits per heavy atom. The third kappa shape index (κ3) is 5.17. The zero-order valence-electron chi connectivity index (χ0n) is 17.0. The molecule has 3 heteroatoms. The van der Waals surface area contributed by atoms with Crippen molar-refractivity contribution >= 4 is 0 Å². The molecule has 0 aromatic rings. The van der Waals surface area contributed by atoms with Gasteiger partial charge < -0.3 is 0 Å². The van der Waals surface area contributed by atoms with E-state index in [4.69, 9.17) is 0 Å². The van der Waals surface area contributed by atoms with Gasteiger partial charge in [0.05, 0.1) is 0 Å². The fourth-order valence-corrected chi connectivity index (χ4v) is 4.47. The quantitative estimate of drug-likeness (QED) is 0.769. The third-order valence-corrected chi connectivity index (χ3v) is 5.79. The maximum atomic E-state index is 2.79. The van der Waals surface area contributed by atoms with Crippen LogP contribution >= 0.6 is 0 Å². The Labute approximate surface area is 145 Å². The smallest absolute Gasteiger partial charge is 0.0149 e. The summed E-state index contributed by atoms with van der Waals surface area (Å²) >= 11 is 0. The lowest BCUT2D eigenvalue weighted by atomic mass is 9.85. The number of hydrogen-bond donors (Lipinski definition) is 0. The van der Waals surface area contributed by atoms with Gasteiger partial charge in [-0.25, -0.2) is 0 Å². The molecule has 0 radical (unpaired) electrons.